The van der Waals surface area contributed by atoms with Gasteiger partial charge in [-0.05, 0) is 54.3 Å². The van der Waals surface area contributed by atoms with E-state index in [2.05, 4.69) is 0 Å². The van der Waals surface area contributed by atoms with Gasteiger partial charge in [0, 0.05) is 9.92 Å². The lowest BCUT2D eigenvalue weighted by Crippen LogP contribution is -2.29. The molecule has 30 heavy (non-hydrogen) atoms. The van der Waals surface area contributed by atoms with Crippen LogP contribution in [0, 0.1) is 0 Å². The summed E-state index contributed by atoms with van der Waals surface area (Å²) in [5.41, 5.74) is 1.26. The van der Waals surface area contributed by atoms with Crippen molar-refractivity contribution in [2.75, 3.05) is 6.26 Å². The Morgan fingerprint density at radius 2 is 1.90 bits per heavy atom. The lowest BCUT2D eigenvalue weighted by molar-refractivity contribution is 0.0701. The Balaban J connectivity index is 1.73. The molecule has 0 unspecified atom stereocenters. The van der Waals surface area contributed by atoms with Crippen molar-refractivity contribution in [1.82, 2.24) is 4.90 Å². The molecule has 0 spiro atoms. The molecule has 4 aromatic rings. The number of hydrogen-bond donors (Lipinski definition) is 0. The van der Waals surface area contributed by atoms with Crippen molar-refractivity contribution in [2.24, 2.45) is 0 Å². The molecule has 150 valence electrons. The van der Waals surface area contributed by atoms with Crippen molar-refractivity contribution in [2.45, 2.75) is 17.5 Å². The number of benzene rings is 2. The average Bonchev–Trinajstić information content (AvgIpc) is 3.37. The van der Waals surface area contributed by atoms with Crippen molar-refractivity contribution in [3.05, 3.63) is 98.8 Å². The maximum Gasteiger partial charge on any atom is 0.291 e. The summed E-state index contributed by atoms with van der Waals surface area (Å²) in [5.74, 6) is 0.358. The number of carbonyl (C=O) groups is 1. The predicted octanol–water partition coefficient (Wildman–Crippen LogP) is 5.51. The summed E-state index contributed by atoms with van der Waals surface area (Å²) in [5, 5.41) is 0.798. The highest BCUT2D eigenvalue weighted by molar-refractivity contribution is 7.98. The van der Waals surface area contributed by atoms with E-state index >= 15 is 0 Å². The van der Waals surface area contributed by atoms with Crippen LogP contribution in [0.15, 0.2) is 79.4 Å². The number of fused-ring (bicyclic) bond motifs is 2. The van der Waals surface area contributed by atoms with Crippen molar-refractivity contribution >= 4 is 40.2 Å². The topological polar surface area (TPSA) is 63.7 Å². The van der Waals surface area contributed by atoms with E-state index in [1.807, 2.05) is 30.5 Å². The molecule has 0 N–H and O–H groups in total. The van der Waals surface area contributed by atoms with Gasteiger partial charge in [0.15, 0.2) is 5.43 Å². The zero-order valence-corrected chi connectivity index (χ0v) is 17.5. The Labute approximate surface area is 181 Å². The summed E-state index contributed by atoms with van der Waals surface area (Å²) in [7, 11) is 0. The number of thioether (sulfide) groups is 1. The van der Waals surface area contributed by atoms with Crippen LogP contribution in [-0.2, 0) is 6.54 Å². The van der Waals surface area contributed by atoms with Crippen LogP contribution in [0.4, 0.5) is 0 Å². The van der Waals surface area contributed by atoms with Gasteiger partial charge in [-0.15, -0.1) is 11.8 Å². The summed E-state index contributed by atoms with van der Waals surface area (Å²) in [6, 6.07) is 15.7. The fourth-order valence-corrected chi connectivity index (χ4v) is 4.44. The number of hydrogen-bond acceptors (Lipinski definition) is 5. The Morgan fingerprint density at radius 1 is 1.10 bits per heavy atom. The lowest BCUT2D eigenvalue weighted by Gasteiger charge is -2.24. The fourth-order valence-electron chi connectivity index (χ4n) is 3.86. The molecule has 0 fully saturated rings. The normalized spacial score (nSPS) is 15.7. The van der Waals surface area contributed by atoms with E-state index < -0.39 is 6.04 Å². The van der Waals surface area contributed by atoms with E-state index in [1.54, 1.807) is 53.3 Å². The molecule has 1 amide bonds. The first kappa shape index (κ1) is 19.0. The number of rotatable bonds is 4. The molecule has 0 aliphatic carbocycles. The highest BCUT2D eigenvalue weighted by Crippen LogP contribution is 2.39. The van der Waals surface area contributed by atoms with Crippen LogP contribution < -0.4 is 5.43 Å². The van der Waals surface area contributed by atoms with Crippen LogP contribution >= 0.6 is 23.4 Å². The number of nitrogens with zero attached hydrogens (tertiary/aromatic N) is 1. The van der Waals surface area contributed by atoms with Gasteiger partial charge in [-0.25, -0.2) is 0 Å². The van der Waals surface area contributed by atoms with Crippen molar-refractivity contribution in [1.29, 1.82) is 0 Å². The molecule has 0 bridgehead atoms. The second-order valence-corrected chi connectivity index (χ2v) is 8.32. The Hall–Kier alpha value is -2.96. The number of amides is 1. The van der Waals surface area contributed by atoms with Gasteiger partial charge in [0.2, 0.25) is 5.76 Å². The first-order valence-electron chi connectivity index (χ1n) is 9.30. The van der Waals surface area contributed by atoms with Gasteiger partial charge in [-0.2, -0.15) is 0 Å². The van der Waals surface area contributed by atoms with Gasteiger partial charge in [0.25, 0.3) is 5.91 Å². The molecule has 5 rings (SSSR count). The maximum absolute atomic E-state index is 13.4. The third-order valence-corrected chi connectivity index (χ3v) is 6.24. The van der Waals surface area contributed by atoms with Gasteiger partial charge in [0.1, 0.15) is 11.3 Å². The predicted molar refractivity (Wildman–Crippen MR) is 116 cm³/mol. The molecule has 1 aliphatic rings. The molecule has 2 aromatic heterocycles. The third kappa shape index (κ3) is 3.04. The summed E-state index contributed by atoms with van der Waals surface area (Å²) in [6.45, 7) is 0.224. The monoisotopic (exact) mass is 437 g/mol. The molecule has 1 aliphatic heterocycles. The second-order valence-electron chi connectivity index (χ2n) is 7.00. The van der Waals surface area contributed by atoms with Gasteiger partial charge < -0.3 is 13.7 Å². The van der Waals surface area contributed by atoms with E-state index in [4.69, 9.17) is 20.4 Å². The molecule has 0 saturated heterocycles. The zero-order chi connectivity index (χ0) is 20.8. The maximum atomic E-state index is 13.4. The van der Waals surface area contributed by atoms with Crippen molar-refractivity contribution in [3.8, 4) is 0 Å². The lowest BCUT2D eigenvalue weighted by atomic mass is 9.98. The summed E-state index contributed by atoms with van der Waals surface area (Å²) < 4.78 is 11.4. The van der Waals surface area contributed by atoms with Crippen molar-refractivity contribution in [3.63, 3.8) is 0 Å². The standard InChI is InChI=1S/C23H16ClNO4S/c1-30-16-7-4-13(5-8-16)20-19-21(26)17-11-14(24)6-9-18(17)29-22(19)23(27)25(20)12-15-3-2-10-28-15/h2-11,20H,12H2,1H3/t20-/m1/s1. The molecule has 0 saturated carbocycles. The van der Waals surface area contributed by atoms with E-state index in [0.29, 0.717) is 27.3 Å². The highest BCUT2D eigenvalue weighted by atomic mass is 35.5. The Kier molecular flexibility index (Phi) is 4.68. The van der Waals surface area contributed by atoms with Crippen LogP contribution in [0.3, 0.4) is 0 Å². The molecule has 0 radical (unpaired) electrons. The summed E-state index contributed by atoms with van der Waals surface area (Å²) in [4.78, 5) is 29.5. The van der Waals surface area contributed by atoms with E-state index in [-0.39, 0.29) is 23.6 Å². The number of halogens is 1. The fraction of sp³-hybridized carbons (Fsp3) is 0.130. The van der Waals surface area contributed by atoms with Crippen LogP contribution in [0.25, 0.3) is 11.0 Å². The van der Waals surface area contributed by atoms with Crippen molar-refractivity contribution < 1.29 is 13.6 Å². The molecule has 1 atom stereocenters. The van der Waals surface area contributed by atoms with E-state index in [9.17, 15) is 9.59 Å². The van der Waals surface area contributed by atoms with E-state index in [1.165, 1.54) is 0 Å². The highest BCUT2D eigenvalue weighted by Gasteiger charge is 2.43. The molecule has 3 heterocycles. The van der Waals surface area contributed by atoms with Crippen LogP contribution in [-0.4, -0.2) is 17.1 Å². The number of carbonyl (C=O) groups excluding carboxylic acids is 1. The first-order chi connectivity index (χ1) is 14.6. The van der Waals surface area contributed by atoms with Gasteiger partial charge in [0.05, 0.1) is 29.8 Å². The van der Waals surface area contributed by atoms with Gasteiger partial charge in [-0.1, -0.05) is 23.7 Å². The molecular weight excluding hydrogens is 422 g/mol. The van der Waals surface area contributed by atoms with Gasteiger partial charge >= 0.3 is 0 Å². The molecule has 5 nitrogen and oxygen atoms in total. The van der Waals surface area contributed by atoms with Gasteiger partial charge in [-0.3, -0.25) is 9.59 Å². The zero-order valence-electron chi connectivity index (χ0n) is 15.9. The van der Waals surface area contributed by atoms with Crippen LogP contribution in [0.5, 0.6) is 0 Å². The third-order valence-electron chi connectivity index (χ3n) is 5.27. The summed E-state index contributed by atoms with van der Waals surface area (Å²) in [6.07, 6.45) is 3.56. The molecular formula is C23H16ClNO4S. The van der Waals surface area contributed by atoms with E-state index in [0.717, 1.165) is 10.5 Å². The smallest absolute Gasteiger partial charge is 0.291 e. The minimum Gasteiger partial charge on any atom is -0.467 e. The quantitative estimate of drug-likeness (QED) is 0.394. The van der Waals surface area contributed by atoms with Crippen LogP contribution in [0.1, 0.15) is 33.5 Å². The number of furan rings is 1. The first-order valence-corrected chi connectivity index (χ1v) is 10.9. The minimum absolute atomic E-state index is 0.0697. The second kappa shape index (κ2) is 7.38. The largest absolute Gasteiger partial charge is 0.467 e. The average molecular weight is 438 g/mol. The SMILES string of the molecule is CSc1ccc([C@@H]2c3c(oc4ccc(Cl)cc4c3=O)C(=O)N2Cc2ccco2)cc1. The molecule has 7 heteroatoms. The Morgan fingerprint density at radius 3 is 2.60 bits per heavy atom. The molecule has 2 aromatic carbocycles. The Bertz CT molecular complexity index is 1310. The minimum atomic E-state index is -0.576. The van der Waals surface area contributed by atoms with Crippen LogP contribution in [0.2, 0.25) is 5.02 Å². The summed E-state index contributed by atoms with van der Waals surface area (Å²) >= 11 is 7.73.